The van der Waals surface area contributed by atoms with Gasteiger partial charge in [0, 0.05) is 0 Å². The number of anilines is 1. The van der Waals surface area contributed by atoms with Gasteiger partial charge in [0.2, 0.25) is 0 Å². The number of carbonyl (C=O) groups excluding carboxylic acids is 1. The van der Waals surface area contributed by atoms with Crippen LogP contribution >= 0.6 is 0 Å². The molecule has 2 aromatic rings. The molecule has 0 unspecified atom stereocenters. The second kappa shape index (κ2) is 8.68. The largest absolute Gasteiger partial charge is 0.495 e. The summed E-state index contributed by atoms with van der Waals surface area (Å²) in [7, 11) is 1.56. The molecule has 0 aliphatic heterocycles. The van der Waals surface area contributed by atoms with Crippen LogP contribution < -0.4 is 20.1 Å². The van der Waals surface area contributed by atoms with Gasteiger partial charge in [-0.15, -0.1) is 0 Å². The minimum absolute atomic E-state index is 0.0914. The van der Waals surface area contributed by atoms with Gasteiger partial charge in [-0.1, -0.05) is 37.6 Å². The van der Waals surface area contributed by atoms with Crippen LogP contribution in [0.3, 0.4) is 0 Å². The molecule has 0 heterocycles. The molecule has 0 saturated carbocycles. The van der Waals surface area contributed by atoms with Crippen LogP contribution in [0.5, 0.6) is 11.5 Å². The third kappa shape index (κ3) is 5.21. The van der Waals surface area contributed by atoms with Crippen molar-refractivity contribution < 1.29 is 14.3 Å². The molecule has 5 nitrogen and oxygen atoms in total. The Morgan fingerprint density at radius 3 is 2.52 bits per heavy atom. The number of para-hydroxylation sites is 2. The molecule has 0 spiro atoms. The maximum Gasteiger partial charge on any atom is 0.321 e. The molecule has 0 bridgehead atoms. The van der Waals surface area contributed by atoms with Gasteiger partial charge in [-0.2, -0.15) is 0 Å². The molecular weight excluding hydrogens is 292 g/mol. The maximum absolute atomic E-state index is 11.9. The Balaban J connectivity index is 1.78. The Morgan fingerprint density at radius 1 is 1.09 bits per heavy atom. The van der Waals surface area contributed by atoms with Crippen molar-refractivity contribution in [2.45, 2.75) is 19.8 Å². The maximum atomic E-state index is 11.9. The summed E-state index contributed by atoms with van der Waals surface area (Å²) < 4.78 is 10.7. The number of rotatable bonds is 7. The molecule has 2 amide bonds. The van der Waals surface area contributed by atoms with Crippen LogP contribution in [0.4, 0.5) is 10.5 Å². The summed E-state index contributed by atoms with van der Waals surface area (Å²) in [6.07, 6.45) is 2.17. The molecule has 0 aliphatic rings. The van der Waals surface area contributed by atoms with Crippen LogP contribution in [-0.2, 0) is 6.42 Å². The topological polar surface area (TPSA) is 59.6 Å². The van der Waals surface area contributed by atoms with Gasteiger partial charge in [0.25, 0.3) is 0 Å². The number of hydrogen-bond acceptors (Lipinski definition) is 3. The Hall–Kier alpha value is -2.69. The summed E-state index contributed by atoms with van der Waals surface area (Å²) in [4.78, 5) is 11.9. The minimum Gasteiger partial charge on any atom is -0.495 e. The van der Waals surface area contributed by atoms with Crippen LogP contribution in [-0.4, -0.2) is 19.9 Å². The van der Waals surface area contributed by atoms with Gasteiger partial charge in [-0.05, 0) is 36.2 Å². The standard InChI is InChI=1S/C18H22N2O3/c1-3-6-14-9-11-15(12-10-14)23-13-19-18(21)20-16-7-4-5-8-17(16)22-2/h4-5,7-12H,3,6,13H2,1-2H3,(H2,19,20,21). The van der Waals surface area contributed by atoms with E-state index in [2.05, 4.69) is 17.6 Å². The van der Waals surface area contributed by atoms with Crippen molar-refractivity contribution >= 4 is 11.7 Å². The van der Waals surface area contributed by atoms with Crippen LogP contribution in [0, 0.1) is 0 Å². The fourth-order valence-corrected chi connectivity index (χ4v) is 2.14. The average Bonchev–Trinajstić information content (AvgIpc) is 2.57. The molecule has 2 rings (SSSR count). The van der Waals surface area contributed by atoms with E-state index in [1.807, 2.05) is 36.4 Å². The normalized spacial score (nSPS) is 10.0. The summed E-state index contributed by atoms with van der Waals surface area (Å²) in [6.45, 7) is 2.24. The van der Waals surface area contributed by atoms with E-state index in [0.717, 1.165) is 18.6 Å². The zero-order valence-electron chi connectivity index (χ0n) is 13.5. The lowest BCUT2D eigenvalue weighted by Gasteiger charge is -2.12. The lowest BCUT2D eigenvalue weighted by molar-refractivity contribution is 0.234. The van der Waals surface area contributed by atoms with Crippen LogP contribution in [0.25, 0.3) is 0 Å². The van der Waals surface area contributed by atoms with Gasteiger partial charge in [-0.25, -0.2) is 4.79 Å². The van der Waals surface area contributed by atoms with Crippen LogP contribution in [0.15, 0.2) is 48.5 Å². The average molecular weight is 314 g/mol. The zero-order chi connectivity index (χ0) is 16.5. The SMILES string of the molecule is CCCc1ccc(OCNC(=O)Nc2ccccc2OC)cc1. The predicted octanol–water partition coefficient (Wildman–Crippen LogP) is 3.81. The molecule has 2 aromatic carbocycles. The molecular formula is C18H22N2O3. The van der Waals surface area contributed by atoms with Crippen LogP contribution in [0.2, 0.25) is 0 Å². The van der Waals surface area contributed by atoms with Gasteiger partial charge in [0.15, 0.2) is 6.73 Å². The highest BCUT2D eigenvalue weighted by Gasteiger charge is 2.06. The number of nitrogens with one attached hydrogen (secondary N) is 2. The Kier molecular flexibility index (Phi) is 6.29. The zero-order valence-corrected chi connectivity index (χ0v) is 13.5. The lowest BCUT2D eigenvalue weighted by Crippen LogP contribution is -2.32. The van der Waals surface area contributed by atoms with Crippen molar-refractivity contribution in [1.29, 1.82) is 0 Å². The Labute approximate surface area is 136 Å². The fraction of sp³-hybridized carbons (Fsp3) is 0.278. The van der Waals surface area contributed by atoms with Crippen molar-refractivity contribution in [3.63, 3.8) is 0 Å². The monoisotopic (exact) mass is 314 g/mol. The molecule has 122 valence electrons. The number of hydrogen-bond donors (Lipinski definition) is 2. The summed E-state index contributed by atoms with van der Waals surface area (Å²) in [5.41, 5.74) is 1.89. The number of amides is 2. The summed E-state index contributed by atoms with van der Waals surface area (Å²) in [5.74, 6) is 1.33. The van der Waals surface area contributed by atoms with E-state index in [1.165, 1.54) is 5.56 Å². The Morgan fingerprint density at radius 2 is 1.83 bits per heavy atom. The van der Waals surface area contributed by atoms with E-state index >= 15 is 0 Å². The number of ether oxygens (including phenoxy) is 2. The molecule has 0 aliphatic carbocycles. The first-order chi connectivity index (χ1) is 11.2. The summed E-state index contributed by atoms with van der Waals surface area (Å²) in [6, 6.07) is 14.8. The van der Waals surface area contributed by atoms with Crippen molar-refractivity contribution in [2.75, 3.05) is 19.2 Å². The lowest BCUT2D eigenvalue weighted by atomic mass is 10.1. The van der Waals surface area contributed by atoms with Gasteiger partial charge >= 0.3 is 6.03 Å². The highest BCUT2D eigenvalue weighted by molar-refractivity contribution is 5.90. The summed E-state index contributed by atoms with van der Waals surface area (Å²) in [5, 5.41) is 5.36. The number of carbonyl (C=O) groups is 1. The first-order valence-corrected chi connectivity index (χ1v) is 7.62. The van der Waals surface area contributed by atoms with E-state index in [0.29, 0.717) is 11.4 Å². The smallest absolute Gasteiger partial charge is 0.321 e. The molecule has 0 aromatic heterocycles. The van der Waals surface area contributed by atoms with E-state index in [1.54, 1.807) is 19.2 Å². The van der Waals surface area contributed by atoms with Crippen molar-refractivity contribution in [3.8, 4) is 11.5 Å². The van der Waals surface area contributed by atoms with E-state index in [4.69, 9.17) is 9.47 Å². The van der Waals surface area contributed by atoms with E-state index in [-0.39, 0.29) is 12.8 Å². The molecule has 0 atom stereocenters. The second-order valence-electron chi connectivity index (χ2n) is 5.01. The van der Waals surface area contributed by atoms with E-state index in [9.17, 15) is 4.79 Å². The van der Waals surface area contributed by atoms with Gasteiger partial charge in [-0.3, -0.25) is 0 Å². The van der Waals surface area contributed by atoms with Gasteiger partial charge < -0.3 is 20.1 Å². The second-order valence-corrected chi connectivity index (χ2v) is 5.01. The number of benzene rings is 2. The van der Waals surface area contributed by atoms with Crippen molar-refractivity contribution in [3.05, 3.63) is 54.1 Å². The fourth-order valence-electron chi connectivity index (χ4n) is 2.14. The molecule has 0 radical (unpaired) electrons. The first-order valence-electron chi connectivity index (χ1n) is 7.62. The van der Waals surface area contributed by atoms with E-state index < -0.39 is 0 Å². The highest BCUT2D eigenvalue weighted by Crippen LogP contribution is 2.22. The van der Waals surface area contributed by atoms with Gasteiger partial charge in [0.1, 0.15) is 11.5 Å². The third-order valence-electron chi connectivity index (χ3n) is 3.29. The molecule has 2 N–H and O–H groups in total. The molecule has 0 saturated heterocycles. The van der Waals surface area contributed by atoms with Crippen LogP contribution in [0.1, 0.15) is 18.9 Å². The minimum atomic E-state index is -0.350. The summed E-state index contributed by atoms with van der Waals surface area (Å²) >= 11 is 0. The number of urea groups is 1. The Bertz CT molecular complexity index is 626. The quantitative estimate of drug-likeness (QED) is 0.764. The predicted molar refractivity (Wildman–Crippen MR) is 91.1 cm³/mol. The molecule has 0 fully saturated rings. The molecule has 23 heavy (non-hydrogen) atoms. The number of aryl methyl sites for hydroxylation is 1. The third-order valence-corrected chi connectivity index (χ3v) is 3.29. The van der Waals surface area contributed by atoms with Crippen molar-refractivity contribution in [2.24, 2.45) is 0 Å². The number of methoxy groups -OCH3 is 1. The first kappa shape index (κ1) is 16.7. The van der Waals surface area contributed by atoms with Crippen molar-refractivity contribution in [1.82, 2.24) is 5.32 Å². The van der Waals surface area contributed by atoms with Gasteiger partial charge in [0.05, 0.1) is 12.8 Å². The highest BCUT2D eigenvalue weighted by atomic mass is 16.5. The molecule has 5 heteroatoms.